The molecule has 1 unspecified atom stereocenters. The van der Waals surface area contributed by atoms with Gasteiger partial charge in [-0.15, -0.1) is 0 Å². The highest BCUT2D eigenvalue weighted by atomic mass is 33.1. The van der Waals surface area contributed by atoms with Crippen molar-refractivity contribution in [1.29, 1.82) is 0 Å². The van der Waals surface area contributed by atoms with E-state index in [1.54, 1.807) is 29.8 Å². The minimum atomic E-state index is -1.05. The van der Waals surface area contributed by atoms with Crippen LogP contribution in [-0.4, -0.2) is 50.7 Å². The van der Waals surface area contributed by atoms with Crippen LogP contribution in [0.15, 0.2) is 18.2 Å². The molecule has 0 radical (unpaired) electrons. The van der Waals surface area contributed by atoms with Crippen molar-refractivity contribution in [3.8, 4) is 11.5 Å². The van der Waals surface area contributed by atoms with E-state index in [1.807, 2.05) is 19.1 Å². The summed E-state index contributed by atoms with van der Waals surface area (Å²) in [6, 6.07) is 4.98. The van der Waals surface area contributed by atoms with Crippen molar-refractivity contribution in [1.82, 2.24) is 9.80 Å². The molecule has 27 heavy (non-hydrogen) atoms. The van der Waals surface area contributed by atoms with Crippen LogP contribution in [0.5, 0.6) is 11.5 Å². The van der Waals surface area contributed by atoms with Gasteiger partial charge >= 0.3 is 0 Å². The zero-order valence-corrected chi connectivity index (χ0v) is 16.6. The van der Waals surface area contributed by atoms with Crippen molar-refractivity contribution in [3.63, 3.8) is 0 Å². The van der Waals surface area contributed by atoms with Gasteiger partial charge in [0, 0.05) is 14.0 Å². The Morgan fingerprint density at radius 2 is 1.93 bits per heavy atom. The van der Waals surface area contributed by atoms with Gasteiger partial charge in [-0.2, -0.15) is 0 Å². The summed E-state index contributed by atoms with van der Waals surface area (Å²) in [5, 5.41) is 0. The summed E-state index contributed by atoms with van der Waals surface area (Å²) in [7, 11) is 4.51. The van der Waals surface area contributed by atoms with Crippen LogP contribution in [0.1, 0.15) is 31.9 Å². The summed E-state index contributed by atoms with van der Waals surface area (Å²) in [5.74, 6) is 1.03. The Morgan fingerprint density at radius 1 is 1.19 bits per heavy atom. The maximum Gasteiger partial charge on any atom is 0.262 e. The van der Waals surface area contributed by atoms with E-state index in [0.717, 1.165) is 5.56 Å². The van der Waals surface area contributed by atoms with Crippen molar-refractivity contribution in [2.24, 2.45) is 0 Å². The van der Waals surface area contributed by atoms with Crippen LogP contribution in [0, 0.1) is 6.57 Å². The lowest BCUT2D eigenvalue weighted by atomic mass is 9.87. The first-order valence-electron chi connectivity index (χ1n) is 8.54. The van der Waals surface area contributed by atoms with E-state index in [-0.39, 0.29) is 18.6 Å². The highest BCUT2D eigenvalue weighted by molar-refractivity contribution is 8.78. The van der Waals surface area contributed by atoms with Gasteiger partial charge in [-0.3, -0.25) is 9.59 Å². The number of benzene rings is 1. The van der Waals surface area contributed by atoms with Gasteiger partial charge in [-0.05, 0) is 24.6 Å². The van der Waals surface area contributed by atoms with Gasteiger partial charge < -0.3 is 24.1 Å². The molecule has 2 bridgehead atoms. The molecule has 6 rings (SSSR count). The molecule has 1 aromatic rings. The lowest BCUT2D eigenvalue weighted by Gasteiger charge is -2.57. The predicted molar refractivity (Wildman–Crippen MR) is 101 cm³/mol. The van der Waals surface area contributed by atoms with E-state index < -0.39 is 21.3 Å². The molecule has 5 aliphatic heterocycles. The maximum atomic E-state index is 13.5. The zero-order valence-electron chi connectivity index (χ0n) is 15.0. The Hall–Kier alpha value is -2.05. The largest absolute Gasteiger partial charge is 0.454 e. The molecule has 9 heteroatoms. The first-order chi connectivity index (χ1) is 12.8. The lowest BCUT2D eigenvalue weighted by molar-refractivity contribution is -0.164. The van der Waals surface area contributed by atoms with Crippen molar-refractivity contribution in [2.75, 3.05) is 13.8 Å². The molecule has 2 amide bonds. The van der Waals surface area contributed by atoms with Crippen LogP contribution in [-0.2, 0) is 9.59 Å². The van der Waals surface area contributed by atoms with Gasteiger partial charge in [0.05, 0.1) is 6.42 Å². The van der Waals surface area contributed by atoms with E-state index in [9.17, 15) is 9.59 Å². The van der Waals surface area contributed by atoms with Crippen LogP contribution in [0.3, 0.4) is 0 Å². The number of hydrogen-bond acceptors (Lipinski definition) is 6. The molecule has 4 atom stereocenters. The van der Waals surface area contributed by atoms with E-state index >= 15 is 0 Å². The number of ether oxygens (including phenoxy) is 2. The normalized spacial score (nSPS) is 39.0. The number of rotatable bonds is 1. The molecule has 4 fully saturated rings. The van der Waals surface area contributed by atoms with E-state index in [2.05, 4.69) is 4.85 Å². The van der Waals surface area contributed by atoms with Gasteiger partial charge in [0.2, 0.25) is 6.79 Å². The molecule has 0 aliphatic carbocycles. The summed E-state index contributed by atoms with van der Waals surface area (Å²) in [6.07, 6.45) is 0.297. The highest BCUT2D eigenvalue weighted by Gasteiger charge is 2.77. The first-order valence-corrected chi connectivity index (χ1v) is 10.7. The van der Waals surface area contributed by atoms with Gasteiger partial charge in [0.25, 0.3) is 17.4 Å². The Morgan fingerprint density at radius 3 is 2.67 bits per heavy atom. The van der Waals surface area contributed by atoms with E-state index in [4.69, 9.17) is 16.0 Å². The quantitative estimate of drug-likeness (QED) is 0.531. The predicted octanol–water partition coefficient (Wildman–Crippen LogP) is 2.65. The van der Waals surface area contributed by atoms with Crippen LogP contribution in [0.2, 0.25) is 0 Å². The average molecular weight is 403 g/mol. The van der Waals surface area contributed by atoms with E-state index in [1.165, 1.54) is 21.6 Å². The molecule has 1 spiro atoms. The molecule has 5 heterocycles. The summed E-state index contributed by atoms with van der Waals surface area (Å²) in [5.41, 5.74) is -0.122. The molecule has 4 saturated heterocycles. The molecule has 0 N–H and O–H groups in total. The summed E-state index contributed by atoms with van der Waals surface area (Å²) >= 11 is 0. The third-order valence-corrected chi connectivity index (χ3v) is 9.74. The molecule has 0 aromatic heterocycles. The van der Waals surface area contributed by atoms with Gasteiger partial charge in [-0.1, -0.05) is 27.7 Å². The summed E-state index contributed by atoms with van der Waals surface area (Å²) < 4.78 is 10.9. The second kappa shape index (κ2) is 5.06. The maximum absolute atomic E-state index is 13.5. The van der Waals surface area contributed by atoms with E-state index in [0.29, 0.717) is 17.9 Å². The molecule has 7 nitrogen and oxygen atoms in total. The van der Waals surface area contributed by atoms with Crippen LogP contribution in [0.25, 0.3) is 4.85 Å². The number of likely N-dealkylation sites (N-methyl/N-ethyl adjacent to an activating group) is 1. The number of hydrogen-bond donors (Lipinski definition) is 0. The average Bonchev–Trinajstić information content (AvgIpc) is 3.23. The standard InChI is InChI=1S/C18H17N3O4S2/c1-16(19-3)8-18-15(23)20(4)17(2,26-27-18)14(22)21(18)13(16)10-5-6-11-12(7-10)25-9-24-11/h5-7,13H,8-9H2,1-2,4H3/t13?,16-,17+,18-/m0/s1. The van der Waals surface area contributed by atoms with Gasteiger partial charge in [-0.25, -0.2) is 6.57 Å². The van der Waals surface area contributed by atoms with Crippen molar-refractivity contribution >= 4 is 33.4 Å². The Kier molecular flexibility index (Phi) is 3.20. The second-order valence-electron chi connectivity index (χ2n) is 7.63. The fraction of sp³-hybridized carbons (Fsp3) is 0.500. The monoisotopic (exact) mass is 403 g/mol. The Labute approximate surface area is 164 Å². The highest BCUT2D eigenvalue weighted by Crippen LogP contribution is 2.68. The molecule has 0 saturated carbocycles. The zero-order chi connectivity index (χ0) is 19.2. The second-order valence-corrected chi connectivity index (χ2v) is 10.4. The van der Waals surface area contributed by atoms with Gasteiger partial charge in [0.15, 0.2) is 21.2 Å². The topological polar surface area (TPSA) is 63.4 Å². The lowest BCUT2D eigenvalue weighted by Crippen LogP contribution is -2.73. The van der Waals surface area contributed by atoms with Crippen molar-refractivity contribution in [2.45, 2.75) is 41.6 Å². The number of carbonyl (C=O) groups excluding carboxylic acids is 2. The number of piperazine rings is 1. The number of fused-ring (bicyclic) bond motifs is 3. The van der Waals surface area contributed by atoms with Crippen LogP contribution in [0.4, 0.5) is 0 Å². The third kappa shape index (κ3) is 1.85. The third-order valence-electron chi connectivity index (χ3n) is 6.04. The van der Waals surface area contributed by atoms with Crippen molar-refractivity contribution in [3.05, 3.63) is 35.2 Å². The molecule has 1 aromatic carbocycles. The fourth-order valence-electron chi connectivity index (χ4n) is 4.48. The van der Waals surface area contributed by atoms with Crippen LogP contribution < -0.4 is 9.47 Å². The Bertz CT molecular complexity index is 949. The smallest absolute Gasteiger partial charge is 0.262 e. The summed E-state index contributed by atoms with van der Waals surface area (Å²) in [6.45, 7) is 11.6. The number of amides is 2. The molecular formula is C18H17N3O4S2. The van der Waals surface area contributed by atoms with Gasteiger partial charge in [0.1, 0.15) is 6.04 Å². The minimum Gasteiger partial charge on any atom is -0.454 e. The number of nitrogens with zero attached hydrogens (tertiary/aromatic N) is 3. The Balaban J connectivity index is 1.71. The first kappa shape index (κ1) is 17.1. The minimum absolute atomic E-state index is 0.105. The van der Waals surface area contributed by atoms with Crippen LogP contribution >= 0.6 is 21.6 Å². The number of carbonyl (C=O) groups is 2. The SMILES string of the molecule is [C-]#[N+][C@@]1(C)C[C@@]23SS[C@](C)(C(=O)N2C1c1ccc2c(c1)OCO2)N(C)C3=O. The molecule has 140 valence electrons. The fourth-order valence-corrected chi connectivity index (χ4v) is 8.05. The molecular weight excluding hydrogens is 386 g/mol. The summed E-state index contributed by atoms with van der Waals surface area (Å²) in [4.78, 5) is 31.9. The molecule has 5 aliphatic rings. The van der Waals surface area contributed by atoms with Crippen molar-refractivity contribution < 1.29 is 19.1 Å².